The highest BCUT2D eigenvalue weighted by Gasteiger charge is 2.19. The summed E-state index contributed by atoms with van der Waals surface area (Å²) in [6.07, 6.45) is 2.32. The SMILES string of the molecule is Nc1cc(-c2cc(F)ccc2N2CCCC2)on1. The molecule has 4 nitrogen and oxygen atoms in total. The minimum atomic E-state index is -0.289. The quantitative estimate of drug-likeness (QED) is 0.886. The van der Waals surface area contributed by atoms with Gasteiger partial charge in [-0.25, -0.2) is 4.39 Å². The summed E-state index contributed by atoms with van der Waals surface area (Å²) in [5, 5.41) is 3.65. The van der Waals surface area contributed by atoms with E-state index in [4.69, 9.17) is 10.3 Å². The number of halogens is 1. The van der Waals surface area contributed by atoms with Gasteiger partial charge in [-0.2, -0.15) is 0 Å². The third kappa shape index (κ3) is 1.92. The van der Waals surface area contributed by atoms with Crippen LogP contribution >= 0.6 is 0 Å². The van der Waals surface area contributed by atoms with Gasteiger partial charge in [-0.05, 0) is 31.0 Å². The van der Waals surface area contributed by atoms with E-state index in [2.05, 4.69) is 10.1 Å². The topological polar surface area (TPSA) is 55.3 Å². The summed E-state index contributed by atoms with van der Waals surface area (Å²) in [6.45, 7) is 1.98. The van der Waals surface area contributed by atoms with Crippen molar-refractivity contribution in [2.24, 2.45) is 0 Å². The van der Waals surface area contributed by atoms with Crippen LogP contribution in [-0.2, 0) is 0 Å². The van der Waals surface area contributed by atoms with Crippen LogP contribution in [0.1, 0.15) is 12.8 Å². The van der Waals surface area contributed by atoms with Gasteiger partial charge in [-0.3, -0.25) is 0 Å². The van der Waals surface area contributed by atoms with Gasteiger partial charge in [-0.15, -0.1) is 0 Å². The van der Waals surface area contributed by atoms with E-state index in [-0.39, 0.29) is 5.82 Å². The van der Waals surface area contributed by atoms with E-state index < -0.39 is 0 Å². The first-order chi connectivity index (χ1) is 8.74. The molecule has 18 heavy (non-hydrogen) atoms. The van der Waals surface area contributed by atoms with Gasteiger partial charge in [0.1, 0.15) is 5.82 Å². The monoisotopic (exact) mass is 247 g/mol. The van der Waals surface area contributed by atoms with E-state index in [1.54, 1.807) is 12.1 Å². The van der Waals surface area contributed by atoms with Crippen molar-refractivity contribution in [3.05, 3.63) is 30.1 Å². The molecule has 0 unspecified atom stereocenters. The van der Waals surface area contributed by atoms with Crippen molar-refractivity contribution >= 4 is 11.5 Å². The van der Waals surface area contributed by atoms with Crippen molar-refractivity contribution < 1.29 is 8.91 Å². The van der Waals surface area contributed by atoms with Crippen LogP contribution < -0.4 is 10.6 Å². The Hall–Kier alpha value is -2.04. The maximum atomic E-state index is 13.4. The number of hydrogen-bond acceptors (Lipinski definition) is 4. The van der Waals surface area contributed by atoms with Crippen LogP contribution in [0.15, 0.2) is 28.8 Å². The fourth-order valence-corrected chi connectivity index (χ4v) is 2.36. The molecule has 1 aliphatic heterocycles. The summed E-state index contributed by atoms with van der Waals surface area (Å²) in [4.78, 5) is 2.23. The average Bonchev–Trinajstić information content (AvgIpc) is 2.99. The molecule has 1 aromatic carbocycles. The van der Waals surface area contributed by atoms with Crippen LogP contribution in [0.25, 0.3) is 11.3 Å². The number of anilines is 2. The second-order valence-corrected chi connectivity index (χ2v) is 4.47. The average molecular weight is 247 g/mol. The molecule has 0 aliphatic carbocycles. The number of benzene rings is 1. The third-order valence-electron chi connectivity index (χ3n) is 3.20. The first-order valence-corrected chi connectivity index (χ1v) is 6.01. The number of nitrogen functional groups attached to an aromatic ring is 1. The molecule has 1 saturated heterocycles. The third-order valence-corrected chi connectivity index (χ3v) is 3.20. The van der Waals surface area contributed by atoms with Crippen molar-refractivity contribution in [2.75, 3.05) is 23.7 Å². The van der Waals surface area contributed by atoms with Gasteiger partial charge < -0.3 is 15.2 Å². The van der Waals surface area contributed by atoms with Gasteiger partial charge in [0.2, 0.25) is 0 Å². The largest absolute Gasteiger partial charge is 0.381 e. The van der Waals surface area contributed by atoms with Crippen LogP contribution in [0, 0.1) is 5.82 Å². The highest BCUT2D eigenvalue weighted by molar-refractivity contribution is 5.76. The highest BCUT2D eigenvalue weighted by atomic mass is 19.1. The molecule has 0 atom stereocenters. The Labute approximate surface area is 104 Å². The highest BCUT2D eigenvalue weighted by Crippen LogP contribution is 2.34. The molecule has 1 aromatic heterocycles. The Morgan fingerprint density at radius 3 is 2.67 bits per heavy atom. The Balaban J connectivity index is 2.08. The lowest BCUT2D eigenvalue weighted by atomic mass is 10.1. The molecule has 0 bridgehead atoms. The molecule has 2 heterocycles. The second kappa shape index (κ2) is 4.33. The van der Waals surface area contributed by atoms with E-state index in [9.17, 15) is 4.39 Å². The van der Waals surface area contributed by atoms with Gasteiger partial charge in [0.15, 0.2) is 11.6 Å². The van der Waals surface area contributed by atoms with E-state index in [1.165, 1.54) is 12.1 Å². The first-order valence-electron chi connectivity index (χ1n) is 6.01. The van der Waals surface area contributed by atoms with Gasteiger partial charge in [0, 0.05) is 30.4 Å². The maximum absolute atomic E-state index is 13.4. The van der Waals surface area contributed by atoms with Crippen molar-refractivity contribution in [1.82, 2.24) is 5.16 Å². The lowest BCUT2D eigenvalue weighted by Gasteiger charge is -2.20. The molecule has 2 N–H and O–H groups in total. The summed E-state index contributed by atoms with van der Waals surface area (Å²) in [5.41, 5.74) is 7.23. The molecule has 3 rings (SSSR count). The molecule has 0 saturated carbocycles. The lowest BCUT2D eigenvalue weighted by molar-refractivity contribution is 0.435. The molecule has 94 valence electrons. The van der Waals surface area contributed by atoms with Crippen LogP contribution in [0.2, 0.25) is 0 Å². The molecule has 0 amide bonds. The molecule has 1 aliphatic rings. The minimum Gasteiger partial charge on any atom is -0.381 e. The van der Waals surface area contributed by atoms with Crippen molar-refractivity contribution in [1.29, 1.82) is 0 Å². The zero-order valence-corrected chi connectivity index (χ0v) is 9.90. The van der Waals surface area contributed by atoms with Crippen molar-refractivity contribution in [2.45, 2.75) is 12.8 Å². The molecular weight excluding hydrogens is 233 g/mol. The van der Waals surface area contributed by atoms with Crippen molar-refractivity contribution in [3.63, 3.8) is 0 Å². The Bertz CT molecular complexity index is 561. The summed E-state index contributed by atoms with van der Waals surface area (Å²) in [6, 6.07) is 6.34. The second-order valence-electron chi connectivity index (χ2n) is 4.47. The number of aromatic nitrogens is 1. The van der Waals surface area contributed by atoms with Gasteiger partial charge in [0.05, 0.1) is 0 Å². The van der Waals surface area contributed by atoms with Gasteiger partial charge in [-0.1, -0.05) is 5.16 Å². The molecular formula is C13H14FN3O. The normalized spacial score (nSPS) is 15.3. The lowest BCUT2D eigenvalue weighted by Crippen LogP contribution is -2.18. The zero-order valence-electron chi connectivity index (χ0n) is 9.90. The molecule has 0 radical (unpaired) electrons. The Morgan fingerprint density at radius 1 is 1.22 bits per heavy atom. The number of hydrogen-bond donors (Lipinski definition) is 1. The van der Waals surface area contributed by atoms with E-state index in [1.807, 2.05) is 0 Å². The van der Waals surface area contributed by atoms with Crippen LogP contribution in [0.3, 0.4) is 0 Å². The summed E-state index contributed by atoms with van der Waals surface area (Å²) in [7, 11) is 0. The van der Waals surface area contributed by atoms with E-state index in [0.717, 1.165) is 31.6 Å². The number of nitrogens with two attached hydrogens (primary N) is 1. The van der Waals surface area contributed by atoms with E-state index >= 15 is 0 Å². The first kappa shape index (κ1) is 11.1. The minimum absolute atomic E-state index is 0.289. The summed E-state index contributed by atoms with van der Waals surface area (Å²) < 4.78 is 18.6. The fourth-order valence-electron chi connectivity index (χ4n) is 2.36. The predicted octanol–water partition coefficient (Wildman–Crippen LogP) is 2.66. The maximum Gasteiger partial charge on any atom is 0.171 e. The van der Waals surface area contributed by atoms with E-state index in [0.29, 0.717) is 17.1 Å². The molecule has 2 aromatic rings. The standard InChI is InChI=1S/C13H14FN3O/c14-9-3-4-11(17-5-1-2-6-17)10(7-9)12-8-13(15)16-18-12/h3-4,7-8H,1-2,5-6H2,(H2,15,16). The predicted molar refractivity (Wildman–Crippen MR) is 67.8 cm³/mol. The van der Waals surface area contributed by atoms with Gasteiger partial charge >= 0.3 is 0 Å². The Kier molecular flexibility index (Phi) is 2.66. The number of nitrogens with zero attached hydrogens (tertiary/aromatic N) is 2. The molecule has 0 spiro atoms. The summed E-state index contributed by atoms with van der Waals surface area (Å²) >= 11 is 0. The molecule has 5 heteroatoms. The zero-order chi connectivity index (χ0) is 12.5. The van der Waals surface area contributed by atoms with Gasteiger partial charge in [0.25, 0.3) is 0 Å². The van der Waals surface area contributed by atoms with Crippen LogP contribution in [0.4, 0.5) is 15.9 Å². The summed E-state index contributed by atoms with van der Waals surface area (Å²) in [5.74, 6) is 0.526. The van der Waals surface area contributed by atoms with Crippen molar-refractivity contribution in [3.8, 4) is 11.3 Å². The Morgan fingerprint density at radius 2 is 2.00 bits per heavy atom. The smallest absolute Gasteiger partial charge is 0.171 e. The number of rotatable bonds is 2. The van der Waals surface area contributed by atoms with Crippen LogP contribution in [-0.4, -0.2) is 18.2 Å². The van der Waals surface area contributed by atoms with Crippen LogP contribution in [0.5, 0.6) is 0 Å². The molecule has 1 fully saturated rings. The fraction of sp³-hybridized carbons (Fsp3) is 0.308.